The maximum Gasteiger partial charge on any atom is 0.236 e. The smallest absolute Gasteiger partial charge is 0.236 e. The molecule has 1 unspecified atom stereocenters. The van der Waals surface area contributed by atoms with E-state index in [4.69, 9.17) is 4.74 Å². The Labute approximate surface area is 270 Å². The number of ether oxygens (including phenoxy) is 1. The Morgan fingerprint density at radius 3 is 1.49 bits per heavy atom. The summed E-state index contributed by atoms with van der Waals surface area (Å²) in [5.74, 6) is 0.966. The van der Waals surface area contributed by atoms with E-state index in [1.807, 2.05) is 0 Å². The van der Waals surface area contributed by atoms with Crippen molar-refractivity contribution in [2.45, 2.75) is 168 Å². The van der Waals surface area contributed by atoms with Crippen molar-refractivity contribution in [2.75, 3.05) is 66.1 Å². The second kappa shape index (κ2) is 30.0. The molecule has 256 valence electrons. The number of carbonyl (C=O) groups excluding carboxylic acids is 1. The van der Waals surface area contributed by atoms with Crippen LogP contribution in [0.3, 0.4) is 0 Å². The zero-order valence-electron chi connectivity index (χ0n) is 29.9. The molecule has 1 atom stereocenters. The van der Waals surface area contributed by atoms with Crippen LogP contribution >= 0.6 is 0 Å². The van der Waals surface area contributed by atoms with Crippen molar-refractivity contribution < 1.29 is 9.53 Å². The van der Waals surface area contributed by atoms with E-state index >= 15 is 0 Å². The van der Waals surface area contributed by atoms with Crippen molar-refractivity contribution in [1.29, 1.82) is 0 Å². The molecule has 1 saturated heterocycles. The van der Waals surface area contributed by atoms with Gasteiger partial charge in [-0.25, -0.2) is 0 Å². The monoisotopic (exact) mass is 608 g/mol. The van der Waals surface area contributed by atoms with Gasteiger partial charge < -0.3 is 14.5 Å². The van der Waals surface area contributed by atoms with E-state index in [-0.39, 0.29) is 0 Å². The van der Waals surface area contributed by atoms with Crippen molar-refractivity contribution in [2.24, 2.45) is 5.92 Å². The van der Waals surface area contributed by atoms with Crippen LogP contribution in [0.5, 0.6) is 0 Å². The van der Waals surface area contributed by atoms with E-state index in [0.29, 0.717) is 18.4 Å². The number of hydrogen-bond acceptors (Lipinski definition) is 4. The van der Waals surface area contributed by atoms with Crippen LogP contribution in [0.4, 0.5) is 0 Å². The van der Waals surface area contributed by atoms with Crippen LogP contribution in [-0.2, 0) is 9.53 Å². The topological polar surface area (TPSA) is 36.0 Å². The number of carbonyl (C=O) groups is 1. The molecule has 1 rings (SSSR count). The van der Waals surface area contributed by atoms with Crippen LogP contribution in [-0.4, -0.2) is 86.7 Å². The Balaban J connectivity index is 2.61. The molecule has 0 aromatic rings. The number of hydrogen-bond donors (Lipinski definition) is 0. The molecule has 0 radical (unpaired) electrons. The Kier molecular flexibility index (Phi) is 28.2. The van der Waals surface area contributed by atoms with Crippen LogP contribution < -0.4 is 0 Å². The molecular formula is C38H77N3O2. The Bertz CT molecular complexity index is 584. The van der Waals surface area contributed by atoms with Gasteiger partial charge in [0.25, 0.3) is 0 Å². The van der Waals surface area contributed by atoms with Gasteiger partial charge >= 0.3 is 0 Å². The summed E-state index contributed by atoms with van der Waals surface area (Å²) in [5, 5.41) is 0. The van der Waals surface area contributed by atoms with Crippen molar-refractivity contribution in [3.05, 3.63) is 0 Å². The summed E-state index contributed by atoms with van der Waals surface area (Å²) in [6.45, 7) is 15.9. The molecule has 1 aliphatic heterocycles. The molecule has 1 amide bonds. The molecule has 1 fully saturated rings. The SMILES string of the molecule is CCCCCCCCCN(CCCCCCCCC)CCN(CCCCCCCCC)CC(=O)N1CCC(CCOC)C1. The van der Waals surface area contributed by atoms with Crippen LogP contribution in [0.2, 0.25) is 0 Å². The number of likely N-dealkylation sites (tertiary alicyclic amines) is 1. The van der Waals surface area contributed by atoms with Crippen LogP contribution in [0.15, 0.2) is 0 Å². The second-order valence-corrected chi connectivity index (χ2v) is 13.8. The van der Waals surface area contributed by atoms with Crippen LogP contribution in [0, 0.1) is 5.92 Å². The van der Waals surface area contributed by atoms with Gasteiger partial charge in [0.15, 0.2) is 0 Å². The predicted molar refractivity (Wildman–Crippen MR) is 188 cm³/mol. The Hall–Kier alpha value is -0.650. The van der Waals surface area contributed by atoms with Gasteiger partial charge in [0.2, 0.25) is 5.91 Å². The highest BCUT2D eigenvalue weighted by atomic mass is 16.5. The lowest BCUT2D eigenvalue weighted by Crippen LogP contribution is -2.43. The van der Waals surface area contributed by atoms with Crippen molar-refractivity contribution in [3.63, 3.8) is 0 Å². The molecule has 1 heterocycles. The highest BCUT2D eigenvalue weighted by Crippen LogP contribution is 2.20. The minimum Gasteiger partial charge on any atom is -0.385 e. The molecule has 0 aromatic carbocycles. The molecule has 5 heteroatoms. The van der Waals surface area contributed by atoms with Gasteiger partial charge in [-0.2, -0.15) is 0 Å². The van der Waals surface area contributed by atoms with E-state index in [9.17, 15) is 4.79 Å². The first kappa shape index (κ1) is 40.4. The molecule has 5 nitrogen and oxygen atoms in total. The van der Waals surface area contributed by atoms with Gasteiger partial charge in [-0.05, 0) is 57.7 Å². The lowest BCUT2D eigenvalue weighted by atomic mass is 10.1. The van der Waals surface area contributed by atoms with Gasteiger partial charge in [-0.3, -0.25) is 9.69 Å². The molecule has 0 saturated carbocycles. The number of amides is 1. The van der Waals surface area contributed by atoms with Crippen LogP contribution in [0.25, 0.3) is 0 Å². The average molecular weight is 608 g/mol. The Morgan fingerprint density at radius 2 is 1.02 bits per heavy atom. The predicted octanol–water partition coefficient (Wildman–Crippen LogP) is 9.73. The fraction of sp³-hybridized carbons (Fsp3) is 0.974. The summed E-state index contributed by atoms with van der Waals surface area (Å²) in [7, 11) is 1.78. The molecule has 0 spiro atoms. The van der Waals surface area contributed by atoms with Crippen molar-refractivity contribution in [1.82, 2.24) is 14.7 Å². The van der Waals surface area contributed by atoms with E-state index in [1.165, 1.54) is 148 Å². The van der Waals surface area contributed by atoms with Gasteiger partial charge in [-0.15, -0.1) is 0 Å². The normalized spacial score (nSPS) is 15.4. The summed E-state index contributed by atoms with van der Waals surface area (Å²) in [6, 6.07) is 0. The summed E-state index contributed by atoms with van der Waals surface area (Å²) in [6.07, 6.45) is 30.8. The van der Waals surface area contributed by atoms with Crippen LogP contribution in [0.1, 0.15) is 168 Å². The van der Waals surface area contributed by atoms with E-state index in [0.717, 1.165) is 52.2 Å². The standard InChI is InChI=1S/C38H77N3O2/c1-5-8-11-14-17-20-23-28-39(29-24-21-18-15-12-9-6-2)32-33-40(30-25-22-19-16-13-10-7-3)36-38(42)41-31-26-37(35-41)27-34-43-4/h37H,5-36H2,1-4H3. The zero-order valence-corrected chi connectivity index (χ0v) is 29.9. The molecule has 0 N–H and O–H groups in total. The van der Waals surface area contributed by atoms with Crippen molar-refractivity contribution >= 4 is 5.91 Å². The minimum atomic E-state index is 0.355. The highest BCUT2D eigenvalue weighted by Gasteiger charge is 2.27. The lowest BCUT2D eigenvalue weighted by molar-refractivity contribution is -0.131. The van der Waals surface area contributed by atoms with Gasteiger partial charge in [0.1, 0.15) is 0 Å². The number of unbranched alkanes of at least 4 members (excludes halogenated alkanes) is 18. The first-order chi connectivity index (χ1) is 21.1. The maximum absolute atomic E-state index is 13.4. The number of rotatable bonds is 32. The summed E-state index contributed by atoms with van der Waals surface area (Å²) < 4.78 is 5.30. The van der Waals surface area contributed by atoms with Gasteiger partial charge in [-0.1, -0.05) is 136 Å². The third kappa shape index (κ3) is 23.4. The van der Waals surface area contributed by atoms with E-state index in [1.54, 1.807) is 7.11 Å². The summed E-state index contributed by atoms with van der Waals surface area (Å²) in [5.41, 5.74) is 0. The third-order valence-electron chi connectivity index (χ3n) is 9.69. The first-order valence-corrected chi connectivity index (χ1v) is 19.4. The number of nitrogens with zero attached hydrogens (tertiary/aromatic N) is 3. The fourth-order valence-electron chi connectivity index (χ4n) is 6.64. The zero-order chi connectivity index (χ0) is 31.2. The molecule has 43 heavy (non-hydrogen) atoms. The molecule has 0 bridgehead atoms. The number of methoxy groups -OCH3 is 1. The molecular weight excluding hydrogens is 530 g/mol. The Morgan fingerprint density at radius 1 is 0.605 bits per heavy atom. The fourth-order valence-corrected chi connectivity index (χ4v) is 6.64. The van der Waals surface area contributed by atoms with Crippen molar-refractivity contribution in [3.8, 4) is 0 Å². The molecule has 0 aromatic heterocycles. The van der Waals surface area contributed by atoms with Gasteiger partial charge in [0.05, 0.1) is 6.54 Å². The minimum absolute atomic E-state index is 0.355. The summed E-state index contributed by atoms with van der Waals surface area (Å²) in [4.78, 5) is 20.8. The van der Waals surface area contributed by atoms with E-state index in [2.05, 4.69) is 35.5 Å². The maximum atomic E-state index is 13.4. The lowest BCUT2D eigenvalue weighted by Gasteiger charge is -2.29. The first-order valence-electron chi connectivity index (χ1n) is 19.4. The highest BCUT2D eigenvalue weighted by molar-refractivity contribution is 5.78. The third-order valence-corrected chi connectivity index (χ3v) is 9.69. The second-order valence-electron chi connectivity index (χ2n) is 13.8. The van der Waals surface area contributed by atoms with Gasteiger partial charge in [0, 0.05) is 39.9 Å². The average Bonchev–Trinajstić information content (AvgIpc) is 3.49. The summed E-state index contributed by atoms with van der Waals surface area (Å²) >= 11 is 0. The molecule has 1 aliphatic rings. The molecule has 0 aliphatic carbocycles. The largest absolute Gasteiger partial charge is 0.385 e. The quantitative estimate of drug-likeness (QED) is 0.0713. The van der Waals surface area contributed by atoms with E-state index < -0.39 is 0 Å².